The number of carbonyl (C=O) groups excluding carboxylic acids is 1. The fourth-order valence-corrected chi connectivity index (χ4v) is 1.42. The molecule has 1 aliphatic heterocycles. The second-order valence-corrected chi connectivity index (χ2v) is 3.50. The van der Waals surface area contributed by atoms with E-state index in [1.165, 1.54) is 6.08 Å². The van der Waals surface area contributed by atoms with Crippen molar-refractivity contribution in [1.82, 2.24) is 0 Å². The molecule has 0 bridgehead atoms. The highest BCUT2D eigenvalue weighted by molar-refractivity contribution is 5.82. The van der Waals surface area contributed by atoms with Gasteiger partial charge in [-0.05, 0) is 13.8 Å². The van der Waals surface area contributed by atoms with E-state index < -0.39 is 30.4 Å². The van der Waals surface area contributed by atoms with Gasteiger partial charge in [-0.3, -0.25) is 0 Å². The molecule has 0 radical (unpaired) electrons. The largest absolute Gasteiger partial charge is 0.454 e. The normalized spacial score (nSPS) is 36.8. The molecule has 1 aliphatic rings. The van der Waals surface area contributed by atoms with Crippen molar-refractivity contribution in [1.29, 1.82) is 0 Å². The molecule has 0 aromatic heterocycles. The van der Waals surface area contributed by atoms with Crippen LogP contribution in [0.4, 0.5) is 0 Å². The molecule has 0 amide bonds. The number of esters is 1. The zero-order valence-corrected chi connectivity index (χ0v) is 8.79. The maximum atomic E-state index is 11.2. The third kappa shape index (κ3) is 3.02. The fraction of sp³-hybridized carbons (Fsp3) is 0.700. The molecule has 0 spiro atoms. The van der Waals surface area contributed by atoms with E-state index in [9.17, 15) is 15.0 Å². The summed E-state index contributed by atoms with van der Waals surface area (Å²) in [5.41, 5.74) is 0. The van der Waals surface area contributed by atoms with Crippen molar-refractivity contribution >= 4 is 5.97 Å². The Hall–Kier alpha value is -0.910. The van der Waals surface area contributed by atoms with Crippen LogP contribution in [-0.2, 0) is 14.3 Å². The van der Waals surface area contributed by atoms with Gasteiger partial charge in [-0.25, -0.2) is 4.79 Å². The van der Waals surface area contributed by atoms with Gasteiger partial charge in [-0.1, -0.05) is 6.08 Å². The molecule has 1 fully saturated rings. The van der Waals surface area contributed by atoms with Gasteiger partial charge in [0.25, 0.3) is 0 Å². The van der Waals surface area contributed by atoms with Gasteiger partial charge < -0.3 is 19.7 Å². The standard InChI is InChI=1S/C10H16O5/c1-3-4-8(12)15-10-6(2)14-5-7(11)9(10)13/h3-4,6-7,9-11,13H,5H2,1-2H3/b4-3-/t6-,7+,9-,10+/m1/s1. The van der Waals surface area contributed by atoms with E-state index in [4.69, 9.17) is 9.47 Å². The van der Waals surface area contributed by atoms with Crippen molar-refractivity contribution in [2.45, 2.75) is 38.3 Å². The molecule has 1 heterocycles. The van der Waals surface area contributed by atoms with Crippen LogP contribution in [0.5, 0.6) is 0 Å². The van der Waals surface area contributed by atoms with E-state index in [0.29, 0.717) is 0 Å². The van der Waals surface area contributed by atoms with Gasteiger partial charge in [0.1, 0.15) is 12.2 Å². The Kier molecular flexibility index (Phi) is 4.26. The summed E-state index contributed by atoms with van der Waals surface area (Å²) >= 11 is 0. The van der Waals surface area contributed by atoms with Gasteiger partial charge in [0.05, 0.1) is 12.7 Å². The molecule has 15 heavy (non-hydrogen) atoms. The van der Waals surface area contributed by atoms with Crippen molar-refractivity contribution in [3.8, 4) is 0 Å². The summed E-state index contributed by atoms with van der Waals surface area (Å²) in [5, 5.41) is 18.9. The Bertz CT molecular complexity index is 250. The monoisotopic (exact) mass is 216 g/mol. The van der Waals surface area contributed by atoms with Crippen LogP contribution in [0.2, 0.25) is 0 Å². The van der Waals surface area contributed by atoms with Gasteiger partial charge in [0, 0.05) is 6.08 Å². The Morgan fingerprint density at radius 3 is 2.80 bits per heavy atom. The quantitative estimate of drug-likeness (QED) is 0.486. The maximum absolute atomic E-state index is 11.2. The minimum Gasteiger partial charge on any atom is -0.454 e. The van der Waals surface area contributed by atoms with Gasteiger partial charge in [0.2, 0.25) is 0 Å². The van der Waals surface area contributed by atoms with Crippen molar-refractivity contribution in [3.63, 3.8) is 0 Å². The number of carbonyl (C=O) groups is 1. The first-order valence-electron chi connectivity index (χ1n) is 4.87. The number of allylic oxidation sites excluding steroid dienone is 1. The molecule has 5 heteroatoms. The minimum absolute atomic E-state index is 0.0556. The molecular formula is C10H16O5. The van der Waals surface area contributed by atoms with Crippen LogP contribution >= 0.6 is 0 Å². The molecular weight excluding hydrogens is 200 g/mol. The average Bonchev–Trinajstić information content (AvgIpc) is 2.19. The van der Waals surface area contributed by atoms with E-state index in [0.717, 1.165) is 0 Å². The third-order valence-electron chi connectivity index (χ3n) is 2.28. The number of hydrogen-bond donors (Lipinski definition) is 2. The average molecular weight is 216 g/mol. The summed E-state index contributed by atoms with van der Waals surface area (Å²) in [7, 11) is 0. The minimum atomic E-state index is -1.09. The first-order valence-corrected chi connectivity index (χ1v) is 4.87. The SMILES string of the molecule is C/C=C\C(=O)O[C@@H]1[C@H](O)[C@@H](O)CO[C@@H]1C. The Morgan fingerprint density at radius 1 is 1.53 bits per heavy atom. The van der Waals surface area contributed by atoms with Gasteiger partial charge in [0.15, 0.2) is 6.10 Å². The van der Waals surface area contributed by atoms with E-state index in [-0.39, 0.29) is 6.61 Å². The molecule has 0 saturated carbocycles. The highest BCUT2D eigenvalue weighted by Crippen LogP contribution is 2.18. The van der Waals surface area contributed by atoms with Crippen LogP contribution in [0.25, 0.3) is 0 Å². The third-order valence-corrected chi connectivity index (χ3v) is 2.28. The predicted molar refractivity (Wildman–Crippen MR) is 52.1 cm³/mol. The zero-order valence-electron chi connectivity index (χ0n) is 8.79. The van der Waals surface area contributed by atoms with Crippen molar-refractivity contribution < 1.29 is 24.5 Å². The van der Waals surface area contributed by atoms with Gasteiger partial charge in [-0.15, -0.1) is 0 Å². The Morgan fingerprint density at radius 2 is 2.20 bits per heavy atom. The molecule has 5 nitrogen and oxygen atoms in total. The lowest BCUT2D eigenvalue weighted by atomic mass is 10.0. The Labute approximate surface area is 88.3 Å². The summed E-state index contributed by atoms with van der Waals surface area (Å²) in [5.74, 6) is -0.550. The Balaban J connectivity index is 2.60. The first kappa shape index (κ1) is 12.2. The van der Waals surface area contributed by atoms with Crippen LogP contribution < -0.4 is 0 Å². The van der Waals surface area contributed by atoms with E-state index in [1.54, 1.807) is 19.9 Å². The summed E-state index contributed by atoms with van der Waals surface area (Å²) in [6, 6.07) is 0. The summed E-state index contributed by atoms with van der Waals surface area (Å²) in [4.78, 5) is 11.2. The number of hydrogen-bond acceptors (Lipinski definition) is 5. The smallest absolute Gasteiger partial charge is 0.330 e. The van der Waals surface area contributed by atoms with Crippen LogP contribution in [0.15, 0.2) is 12.2 Å². The van der Waals surface area contributed by atoms with Gasteiger partial charge in [-0.2, -0.15) is 0 Å². The molecule has 0 unspecified atom stereocenters. The van der Waals surface area contributed by atoms with E-state index in [2.05, 4.69) is 0 Å². The molecule has 1 saturated heterocycles. The van der Waals surface area contributed by atoms with Crippen LogP contribution in [0, 0.1) is 0 Å². The molecule has 0 aromatic rings. The first-order chi connectivity index (χ1) is 7.06. The van der Waals surface area contributed by atoms with Crippen molar-refractivity contribution in [3.05, 3.63) is 12.2 Å². The number of aliphatic hydroxyl groups is 2. The van der Waals surface area contributed by atoms with E-state index in [1.807, 2.05) is 0 Å². The number of rotatable bonds is 2. The maximum Gasteiger partial charge on any atom is 0.330 e. The molecule has 4 atom stereocenters. The highest BCUT2D eigenvalue weighted by atomic mass is 16.6. The number of aliphatic hydroxyl groups excluding tert-OH is 2. The lowest BCUT2D eigenvalue weighted by Gasteiger charge is -2.35. The van der Waals surface area contributed by atoms with Crippen molar-refractivity contribution in [2.75, 3.05) is 6.61 Å². The summed E-state index contributed by atoms with van der Waals surface area (Å²) in [6.07, 6.45) is -0.553. The molecule has 0 aliphatic carbocycles. The number of ether oxygens (including phenoxy) is 2. The van der Waals surface area contributed by atoms with E-state index >= 15 is 0 Å². The summed E-state index contributed by atoms with van der Waals surface area (Å²) in [6.45, 7) is 3.43. The fourth-order valence-electron chi connectivity index (χ4n) is 1.42. The molecule has 86 valence electrons. The van der Waals surface area contributed by atoms with Crippen LogP contribution in [0.3, 0.4) is 0 Å². The predicted octanol–water partition coefficient (Wildman–Crippen LogP) is -0.385. The summed E-state index contributed by atoms with van der Waals surface area (Å²) < 4.78 is 10.1. The molecule has 2 N–H and O–H groups in total. The topological polar surface area (TPSA) is 76.0 Å². The van der Waals surface area contributed by atoms with Crippen LogP contribution in [0.1, 0.15) is 13.8 Å². The van der Waals surface area contributed by atoms with Crippen molar-refractivity contribution in [2.24, 2.45) is 0 Å². The van der Waals surface area contributed by atoms with Gasteiger partial charge >= 0.3 is 5.97 Å². The molecule has 1 rings (SSSR count). The lowest BCUT2D eigenvalue weighted by molar-refractivity contribution is -0.201. The molecule has 0 aromatic carbocycles. The van der Waals surface area contributed by atoms with Crippen LogP contribution in [-0.4, -0.2) is 47.2 Å². The zero-order chi connectivity index (χ0) is 11.4. The highest BCUT2D eigenvalue weighted by Gasteiger charge is 2.38. The second kappa shape index (κ2) is 5.25. The lowest BCUT2D eigenvalue weighted by Crippen LogP contribution is -2.53. The second-order valence-electron chi connectivity index (χ2n) is 3.50.